The normalized spacial score (nSPS) is 11.8. The molecule has 0 saturated carbocycles. The largest absolute Gasteiger partial charge is 0.416 e. The summed E-state index contributed by atoms with van der Waals surface area (Å²) in [5.41, 5.74) is 0.889. The predicted octanol–water partition coefficient (Wildman–Crippen LogP) is 4.15. The number of benzene rings is 1. The molecule has 1 aromatic carbocycles. The maximum absolute atomic E-state index is 12.7. The van der Waals surface area contributed by atoms with Crippen molar-refractivity contribution in [1.29, 1.82) is 0 Å². The van der Waals surface area contributed by atoms with E-state index in [0.29, 0.717) is 33.4 Å². The second kappa shape index (κ2) is 8.34. The molecule has 0 aliphatic heterocycles. The van der Waals surface area contributed by atoms with Gasteiger partial charge in [-0.2, -0.15) is 18.3 Å². The molecule has 0 aliphatic carbocycles. The summed E-state index contributed by atoms with van der Waals surface area (Å²) in [5, 5.41) is 7.48. The van der Waals surface area contributed by atoms with E-state index >= 15 is 0 Å². The van der Waals surface area contributed by atoms with Gasteiger partial charge in [-0.3, -0.25) is 9.48 Å². The van der Waals surface area contributed by atoms with E-state index in [4.69, 9.17) is 0 Å². The molecule has 2 heterocycles. The van der Waals surface area contributed by atoms with Crippen molar-refractivity contribution in [2.45, 2.75) is 19.6 Å². The summed E-state index contributed by atoms with van der Waals surface area (Å²) >= 11 is 1.14. The van der Waals surface area contributed by atoms with Gasteiger partial charge < -0.3 is 10.2 Å². The molecule has 3 aromatic rings. The molecule has 10 heteroatoms. The number of alkyl halides is 3. The number of carbonyl (C=O) groups is 1. The van der Waals surface area contributed by atoms with Gasteiger partial charge in [0.2, 0.25) is 0 Å². The number of nitrogens with one attached hydrogen (secondary N) is 1. The van der Waals surface area contributed by atoms with Crippen molar-refractivity contribution in [2.75, 3.05) is 26.0 Å². The number of likely N-dealkylation sites (N-methyl/N-ethyl adjacent to an activating group) is 1. The lowest BCUT2D eigenvalue weighted by atomic mass is 10.1. The first kappa shape index (κ1) is 21.0. The number of amides is 1. The number of hydrogen-bond donors (Lipinski definition) is 1. The maximum Gasteiger partial charge on any atom is 0.416 e. The topological polar surface area (TPSA) is 63.1 Å². The monoisotopic (exact) mass is 423 g/mol. The molecule has 0 fully saturated rings. The minimum Gasteiger partial charge on any atom is -0.319 e. The van der Waals surface area contributed by atoms with Gasteiger partial charge in [0, 0.05) is 18.3 Å². The highest BCUT2D eigenvalue weighted by atomic mass is 32.1. The first-order valence-corrected chi connectivity index (χ1v) is 9.59. The fourth-order valence-corrected chi connectivity index (χ4v) is 3.54. The van der Waals surface area contributed by atoms with Crippen LogP contribution in [0.25, 0.3) is 10.6 Å². The number of thiazole rings is 1. The third-order valence-corrected chi connectivity index (χ3v) is 5.33. The highest BCUT2D eigenvalue weighted by Crippen LogP contribution is 2.33. The first-order chi connectivity index (χ1) is 13.6. The molecule has 29 heavy (non-hydrogen) atoms. The molecular weight excluding hydrogens is 403 g/mol. The summed E-state index contributed by atoms with van der Waals surface area (Å²) in [6.07, 6.45) is -1.07. The molecular formula is C19H20F3N5OS. The standard InChI is InChI=1S/C19H20F3N5OS/c1-12-16(17(28)25-15-10-23-27(11-15)9-8-26(2)3)29-18(24-12)13-4-6-14(7-5-13)19(20,21)22/h4-7,10-11H,8-9H2,1-3H3,(H,25,28). The zero-order valence-corrected chi connectivity index (χ0v) is 16.9. The molecule has 0 bridgehead atoms. The summed E-state index contributed by atoms with van der Waals surface area (Å²) < 4.78 is 39.9. The molecule has 0 unspecified atom stereocenters. The van der Waals surface area contributed by atoms with E-state index in [2.05, 4.69) is 15.4 Å². The maximum atomic E-state index is 12.7. The smallest absolute Gasteiger partial charge is 0.319 e. The van der Waals surface area contributed by atoms with Gasteiger partial charge in [0.1, 0.15) is 9.88 Å². The Kier molecular flexibility index (Phi) is 6.04. The molecule has 6 nitrogen and oxygen atoms in total. The third-order valence-electron chi connectivity index (χ3n) is 4.13. The average molecular weight is 423 g/mol. The molecule has 154 valence electrons. The zero-order chi connectivity index (χ0) is 21.2. The van der Waals surface area contributed by atoms with Gasteiger partial charge in [-0.05, 0) is 33.2 Å². The van der Waals surface area contributed by atoms with Gasteiger partial charge in [-0.15, -0.1) is 11.3 Å². The lowest BCUT2D eigenvalue weighted by Gasteiger charge is -2.08. The van der Waals surface area contributed by atoms with Gasteiger partial charge in [-0.1, -0.05) is 12.1 Å². The Morgan fingerprint density at radius 2 is 1.93 bits per heavy atom. The minimum atomic E-state index is -4.39. The van der Waals surface area contributed by atoms with Crippen molar-refractivity contribution >= 4 is 22.9 Å². The van der Waals surface area contributed by atoms with Crippen LogP contribution in [0.1, 0.15) is 20.9 Å². The molecule has 1 amide bonds. The Morgan fingerprint density at radius 3 is 2.55 bits per heavy atom. The van der Waals surface area contributed by atoms with Gasteiger partial charge in [-0.25, -0.2) is 4.98 Å². The van der Waals surface area contributed by atoms with Crippen LogP contribution in [-0.4, -0.2) is 46.2 Å². The Hall–Kier alpha value is -2.72. The summed E-state index contributed by atoms with van der Waals surface area (Å²) in [6, 6.07) is 4.73. The van der Waals surface area contributed by atoms with Crippen LogP contribution in [-0.2, 0) is 12.7 Å². The first-order valence-electron chi connectivity index (χ1n) is 8.77. The van der Waals surface area contributed by atoms with E-state index in [-0.39, 0.29) is 5.91 Å². The SMILES string of the molecule is Cc1nc(-c2ccc(C(F)(F)F)cc2)sc1C(=O)Nc1cnn(CCN(C)C)c1. The molecule has 0 atom stereocenters. The quantitative estimate of drug-likeness (QED) is 0.647. The second-order valence-electron chi connectivity index (χ2n) is 6.76. The van der Waals surface area contributed by atoms with Crippen molar-refractivity contribution < 1.29 is 18.0 Å². The predicted molar refractivity (Wildman–Crippen MR) is 106 cm³/mol. The number of halogens is 3. The van der Waals surface area contributed by atoms with Crippen LogP contribution >= 0.6 is 11.3 Å². The second-order valence-corrected chi connectivity index (χ2v) is 7.76. The van der Waals surface area contributed by atoms with E-state index < -0.39 is 11.7 Å². The molecule has 0 radical (unpaired) electrons. The molecule has 2 aromatic heterocycles. The van der Waals surface area contributed by atoms with Gasteiger partial charge in [0.05, 0.1) is 29.7 Å². The number of nitrogens with zero attached hydrogens (tertiary/aromatic N) is 4. The summed E-state index contributed by atoms with van der Waals surface area (Å²) in [5.74, 6) is -0.328. The lowest BCUT2D eigenvalue weighted by molar-refractivity contribution is -0.137. The van der Waals surface area contributed by atoms with E-state index in [9.17, 15) is 18.0 Å². The Balaban J connectivity index is 1.72. The van der Waals surface area contributed by atoms with Crippen LogP contribution in [0.3, 0.4) is 0 Å². The van der Waals surface area contributed by atoms with Crippen LogP contribution in [0.4, 0.5) is 18.9 Å². The van der Waals surface area contributed by atoms with Crippen LogP contribution < -0.4 is 5.32 Å². The minimum absolute atomic E-state index is 0.328. The van der Waals surface area contributed by atoms with Crippen molar-refractivity contribution in [1.82, 2.24) is 19.7 Å². The Labute approximate surface area is 170 Å². The molecule has 0 spiro atoms. The third kappa shape index (κ3) is 5.21. The van der Waals surface area contributed by atoms with E-state index in [1.54, 1.807) is 24.0 Å². The lowest BCUT2D eigenvalue weighted by Crippen LogP contribution is -2.18. The summed E-state index contributed by atoms with van der Waals surface area (Å²) in [4.78, 5) is 19.4. The fourth-order valence-electron chi connectivity index (χ4n) is 2.57. The van der Waals surface area contributed by atoms with Crippen LogP contribution in [0.5, 0.6) is 0 Å². The van der Waals surface area contributed by atoms with Crippen LogP contribution in [0.2, 0.25) is 0 Å². The van der Waals surface area contributed by atoms with Crippen LogP contribution in [0, 0.1) is 6.92 Å². The molecule has 0 aliphatic rings. The Morgan fingerprint density at radius 1 is 1.24 bits per heavy atom. The highest BCUT2D eigenvalue weighted by Gasteiger charge is 2.30. The number of hydrogen-bond acceptors (Lipinski definition) is 5. The highest BCUT2D eigenvalue weighted by molar-refractivity contribution is 7.17. The molecule has 1 N–H and O–H groups in total. The van der Waals surface area contributed by atoms with E-state index in [0.717, 1.165) is 30.0 Å². The number of anilines is 1. The molecule has 0 saturated heterocycles. The van der Waals surface area contributed by atoms with E-state index in [1.807, 2.05) is 19.0 Å². The van der Waals surface area contributed by atoms with Gasteiger partial charge in [0.15, 0.2) is 0 Å². The van der Waals surface area contributed by atoms with Crippen LogP contribution in [0.15, 0.2) is 36.7 Å². The average Bonchev–Trinajstić information content (AvgIpc) is 3.26. The number of rotatable bonds is 6. The van der Waals surface area contributed by atoms with Crippen molar-refractivity contribution in [2.24, 2.45) is 0 Å². The zero-order valence-electron chi connectivity index (χ0n) is 16.1. The molecule has 3 rings (SSSR count). The number of aryl methyl sites for hydroxylation is 1. The van der Waals surface area contributed by atoms with Crippen molar-refractivity contribution in [3.63, 3.8) is 0 Å². The van der Waals surface area contributed by atoms with Crippen molar-refractivity contribution in [3.05, 3.63) is 52.8 Å². The van der Waals surface area contributed by atoms with E-state index in [1.165, 1.54) is 12.1 Å². The van der Waals surface area contributed by atoms with Gasteiger partial charge >= 0.3 is 6.18 Å². The van der Waals surface area contributed by atoms with Gasteiger partial charge in [0.25, 0.3) is 5.91 Å². The summed E-state index contributed by atoms with van der Waals surface area (Å²) in [6.45, 7) is 3.21. The number of aromatic nitrogens is 3. The van der Waals surface area contributed by atoms with Crippen molar-refractivity contribution in [3.8, 4) is 10.6 Å². The summed E-state index contributed by atoms with van der Waals surface area (Å²) in [7, 11) is 3.93. The fraction of sp³-hybridized carbons (Fsp3) is 0.316. The number of carbonyl (C=O) groups excluding carboxylic acids is 1. The Bertz CT molecular complexity index is 992.